The molecule has 0 amide bonds. The van der Waals surface area contributed by atoms with Crippen molar-refractivity contribution in [2.45, 2.75) is 6.92 Å². The molecule has 0 aliphatic carbocycles. The Balaban J connectivity index is 2.86. The minimum Gasteiger partial charge on any atom is -0.508 e. The van der Waals surface area contributed by atoms with Crippen LogP contribution >= 0.6 is 11.6 Å². The molecule has 0 aliphatic rings. The molecule has 0 unspecified atom stereocenters. The smallest absolute Gasteiger partial charge is 0.130 e. The van der Waals surface area contributed by atoms with Crippen molar-refractivity contribution in [3.05, 3.63) is 35.0 Å². The molecule has 2 aromatic rings. The minimum atomic E-state index is 0.210. The van der Waals surface area contributed by atoms with Crippen molar-refractivity contribution in [2.75, 3.05) is 0 Å². The van der Waals surface area contributed by atoms with Crippen LogP contribution < -0.4 is 0 Å². The van der Waals surface area contributed by atoms with Gasteiger partial charge in [-0.15, -0.1) is 0 Å². The van der Waals surface area contributed by atoms with Crippen LogP contribution in [0.2, 0.25) is 5.15 Å². The van der Waals surface area contributed by atoms with Gasteiger partial charge in [0.05, 0.1) is 5.52 Å². The van der Waals surface area contributed by atoms with Gasteiger partial charge in [-0.1, -0.05) is 11.6 Å². The Morgan fingerprint density at radius 3 is 2.85 bits per heavy atom. The average molecular weight is 194 g/mol. The number of phenolic OH excluding ortho intramolecular Hbond substituents is 1. The van der Waals surface area contributed by atoms with E-state index < -0.39 is 0 Å². The summed E-state index contributed by atoms with van der Waals surface area (Å²) in [6.07, 6.45) is 0. The minimum absolute atomic E-state index is 0.210. The molecule has 0 bridgehead atoms. The number of aromatic nitrogens is 1. The number of benzene rings is 1. The highest BCUT2D eigenvalue weighted by atomic mass is 35.5. The number of aromatic hydroxyl groups is 1. The third-order valence-corrected chi connectivity index (χ3v) is 2.16. The molecule has 0 spiro atoms. The van der Waals surface area contributed by atoms with Gasteiger partial charge in [0.2, 0.25) is 0 Å². The van der Waals surface area contributed by atoms with Gasteiger partial charge >= 0.3 is 0 Å². The molecule has 0 atom stereocenters. The lowest BCUT2D eigenvalue weighted by molar-refractivity contribution is 0.476. The second kappa shape index (κ2) is 2.89. The maximum absolute atomic E-state index is 9.23. The van der Waals surface area contributed by atoms with Gasteiger partial charge in [0, 0.05) is 11.5 Å². The first-order valence-corrected chi connectivity index (χ1v) is 4.30. The lowest BCUT2D eigenvalue weighted by Crippen LogP contribution is -1.83. The molecule has 0 aliphatic heterocycles. The number of phenols is 1. The highest BCUT2D eigenvalue weighted by molar-refractivity contribution is 6.29. The second-order valence-electron chi connectivity index (χ2n) is 2.96. The zero-order chi connectivity index (χ0) is 9.42. The van der Waals surface area contributed by atoms with Crippen LogP contribution in [0.5, 0.6) is 5.75 Å². The number of hydrogen-bond donors (Lipinski definition) is 1. The number of pyridine rings is 1. The molecule has 66 valence electrons. The van der Waals surface area contributed by atoms with Crippen molar-refractivity contribution < 1.29 is 5.11 Å². The van der Waals surface area contributed by atoms with E-state index in [-0.39, 0.29) is 5.75 Å². The lowest BCUT2D eigenvalue weighted by atomic mass is 10.1. The van der Waals surface area contributed by atoms with E-state index in [2.05, 4.69) is 4.98 Å². The number of hydrogen-bond acceptors (Lipinski definition) is 2. The Bertz CT molecular complexity index is 462. The quantitative estimate of drug-likeness (QED) is 0.653. The first-order valence-electron chi connectivity index (χ1n) is 3.93. The zero-order valence-corrected chi connectivity index (χ0v) is 7.84. The molecule has 2 nitrogen and oxygen atoms in total. The Labute approximate surface area is 80.8 Å². The maximum atomic E-state index is 9.23. The highest BCUT2D eigenvalue weighted by Gasteiger charge is 2.01. The Morgan fingerprint density at radius 2 is 2.08 bits per heavy atom. The third kappa shape index (κ3) is 1.45. The van der Waals surface area contributed by atoms with E-state index in [1.165, 1.54) is 0 Å². The fourth-order valence-corrected chi connectivity index (χ4v) is 1.60. The molecule has 0 radical (unpaired) electrons. The molecule has 0 saturated heterocycles. The number of fused-ring (bicyclic) bond motifs is 1. The Hall–Kier alpha value is -1.28. The van der Waals surface area contributed by atoms with E-state index in [1.54, 1.807) is 18.2 Å². The summed E-state index contributed by atoms with van der Waals surface area (Å²) in [6.45, 7) is 1.97. The number of rotatable bonds is 0. The summed E-state index contributed by atoms with van der Waals surface area (Å²) in [5.74, 6) is 0.210. The van der Waals surface area contributed by atoms with Crippen molar-refractivity contribution in [2.24, 2.45) is 0 Å². The molecule has 2 rings (SSSR count). The van der Waals surface area contributed by atoms with Crippen LogP contribution in [0.4, 0.5) is 0 Å². The molecule has 1 heterocycles. The number of aryl methyl sites for hydroxylation is 1. The standard InChI is InChI=1S/C10H8ClNO/c1-6-4-10(11)12-9-5-7(13)2-3-8(6)9/h2-5,13H,1H3. The van der Waals surface area contributed by atoms with Gasteiger partial charge in [-0.3, -0.25) is 0 Å². The molecule has 0 saturated carbocycles. The molecule has 13 heavy (non-hydrogen) atoms. The van der Waals surface area contributed by atoms with Crippen LogP contribution in [0.25, 0.3) is 10.9 Å². The average Bonchev–Trinajstić information content (AvgIpc) is 2.02. The summed E-state index contributed by atoms with van der Waals surface area (Å²) in [5, 5.41) is 10.7. The monoisotopic (exact) mass is 193 g/mol. The van der Waals surface area contributed by atoms with E-state index in [9.17, 15) is 5.11 Å². The number of halogens is 1. The molecule has 3 heteroatoms. The first kappa shape index (κ1) is 8.32. The maximum Gasteiger partial charge on any atom is 0.130 e. The van der Waals surface area contributed by atoms with Gasteiger partial charge in [0.1, 0.15) is 10.9 Å². The predicted molar refractivity (Wildman–Crippen MR) is 53.2 cm³/mol. The SMILES string of the molecule is Cc1cc(Cl)nc2cc(O)ccc12. The van der Waals surface area contributed by atoms with Crippen molar-refractivity contribution in [1.29, 1.82) is 0 Å². The van der Waals surface area contributed by atoms with Crippen LogP contribution in [-0.4, -0.2) is 10.1 Å². The number of nitrogens with zero attached hydrogens (tertiary/aromatic N) is 1. The van der Waals surface area contributed by atoms with Crippen LogP contribution in [-0.2, 0) is 0 Å². The van der Waals surface area contributed by atoms with E-state index in [4.69, 9.17) is 11.6 Å². The van der Waals surface area contributed by atoms with Crippen LogP contribution in [0, 0.1) is 6.92 Å². The first-order chi connectivity index (χ1) is 6.16. The lowest BCUT2D eigenvalue weighted by Gasteiger charge is -2.02. The fraction of sp³-hybridized carbons (Fsp3) is 0.100. The van der Waals surface area contributed by atoms with Crippen LogP contribution in [0.15, 0.2) is 24.3 Å². The molecule has 1 aromatic heterocycles. The molecule has 0 fully saturated rings. The highest BCUT2D eigenvalue weighted by Crippen LogP contribution is 2.23. The zero-order valence-electron chi connectivity index (χ0n) is 7.08. The summed E-state index contributed by atoms with van der Waals surface area (Å²) < 4.78 is 0. The van der Waals surface area contributed by atoms with Gasteiger partial charge < -0.3 is 5.11 Å². The van der Waals surface area contributed by atoms with Gasteiger partial charge in [-0.25, -0.2) is 4.98 Å². The van der Waals surface area contributed by atoms with Crippen molar-refractivity contribution >= 4 is 22.5 Å². The van der Waals surface area contributed by atoms with Gasteiger partial charge in [0.15, 0.2) is 0 Å². The largest absolute Gasteiger partial charge is 0.508 e. The summed E-state index contributed by atoms with van der Waals surface area (Å²) in [6, 6.07) is 6.89. The third-order valence-electron chi connectivity index (χ3n) is 1.97. The van der Waals surface area contributed by atoms with E-state index in [0.717, 1.165) is 16.5 Å². The molecule has 1 N–H and O–H groups in total. The normalized spacial score (nSPS) is 10.6. The van der Waals surface area contributed by atoms with E-state index >= 15 is 0 Å². The summed E-state index contributed by atoms with van der Waals surface area (Å²) in [5.41, 5.74) is 1.79. The Morgan fingerprint density at radius 1 is 1.31 bits per heavy atom. The van der Waals surface area contributed by atoms with Crippen LogP contribution in [0.1, 0.15) is 5.56 Å². The van der Waals surface area contributed by atoms with E-state index in [0.29, 0.717) is 5.15 Å². The van der Waals surface area contributed by atoms with E-state index in [1.807, 2.05) is 13.0 Å². The summed E-state index contributed by atoms with van der Waals surface area (Å²) in [4.78, 5) is 4.10. The van der Waals surface area contributed by atoms with Crippen molar-refractivity contribution in [1.82, 2.24) is 4.98 Å². The fourth-order valence-electron chi connectivity index (χ4n) is 1.35. The van der Waals surface area contributed by atoms with Crippen molar-refractivity contribution in [3.63, 3.8) is 0 Å². The predicted octanol–water partition coefficient (Wildman–Crippen LogP) is 2.90. The van der Waals surface area contributed by atoms with Gasteiger partial charge in [0.25, 0.3) is 0 Å². The van der Waals surface area contributed by atoms with Gasteiger partial charge in [-0.05, 0) is 30.7 Å². The molecular weight excluding hydrogens is 186 g/mol. The van der Waals surface area contributed by atoms with Gasteiger partial charge in [-0.2, -0.15) is 0 Å². The topological polar surface area (TPSA) is 33.1 Å². The van der Waals surface area contributed by atoms with Crippen molar-refractivity contribution in [3.8, 4) is 5.75 Å². The molecular formula is C10H8ClNO. The van der Waals surface area contributed by atoms with Crippen LogP contribution in [0.3, 0.4) is 0 Å². The second-order valence-corrected chi connectivity index (χ2v) is 3.35. The summed E-state index contributed by atoms with van der Waals surface area (Å²) >= 11 is 5.78. The Kier molecular flexibility index (Phi) is 1.85. The molecule has 1 aromatic carbocycles. The summed E-state index contributed by atoms with van der Waals surface area (Å²) in [7, 11) is 0.